The van der Waals surface area contributed by atoms with Crippen LogP contribution in [0.25, 0.3) is 16.9 Å². The first-order valence-corrected chi connectivity index (χ1v) is 11.1. The summed E-state index contributed by atoms with van der Waals surface area (Å²) in [6.07, 6.45) is 3.43. The maximum atomic E-state index is 5.55. The van der Waals surface area contributed by atoms with Crippen LogP contribution in [0, 0.1) is 6.92 Å². The van der Waals surface area contributed by atoms with Crippen molar-refractivity contribution in [2.24, 2.45) is 0 Å². The average molecular weight is 445 g/mol. The zero-order valence-electron chi connectivity index (χ0n) is 19.4. The lowest BCUT2D eigenvalue weighted by atomic mass is 10.1. The van der Waals surface area contributed by atoms with Crippen molar-refractivity contribution in [1.82, 2.24) is 19.6 Å². The van der Waals surface area contributed by atoms with Crippen molar-refractivity contribution in [2.45, 2.75) is 19.9 Å². The quantitative estimate of drug-likeness (QED) is 0.463. The lowest BCUT2D eigenvalue weighted by molar-refractivity contribution is 0.355. The van der Waals surface area contributed by atoms with Crippen molar-refractivity contribution >= 4 is 17.3 Å². The van der Waals surface area contributed by atoms with E-state index in [0.29, 0.717) is 23.3 Å². The van der Waals surface area contributed by atoms with Crippen LogP contribution >= 0.6 is 0 Å². The van der Waals surface area contributed by atoms with Crippen molar-refractivity contribution in [1.29, 1.82) is 0 Å². The zero-order valence-corrected chi connectivity index (χ0v) is 19.4. The number of aryl methyl sites for hydroxylation is 1. The van der Waals surface area contributed by atoms with E-state index in [-0.39, 0.29) is 0 Å². The minimum absolute atomic E-state index is 0.325. The van der Waals surface area contributed by atoms with Gasteiger partial charge in [0.25, 0.3) is 5.78 Å². The number of nitrogens with zero attached hydrogens (tertiary/aromatic N) is 6. The summed E-state index contributed by atoms with van der Waals surface area (Å²) in [7, 11) is 3.29. The molecule has 1 aliphatic heterocycles. The molecule has 0 spiro atoms. The molecule has 1 atom stereocenters. The standard InChI is InChI=1S/C25H28N6O2/c1-17-6-5-7-20(12-17)30-11-10-29(15-18(30)2)24-21(14-26-25-27-16-28-31(24)25)19-8-9-22(32-3)23(13-19)33-4/h5-9,12-14,16,18H,10-11,15H2,1-4H3/t18-/m0/s1. The smallest absolute Gasteiger partial charge is 0.254 e. The second-order valence-corrected chi connectivity index (χ2v) is 8.36. The largest absolute Gasteiger partial charge is 0.493 e. The van der Waals surface area contributed by atoms with E-state index in [1.807, 2.05) is 28.9 Å². The van der Waals surface area contributed by atoms with Crippen LogP contribution in [-0.4, -0.2) is 59.5 Å². The summed E-state index contributed by atoms with van der Waals surface area (Å²) in [4.78, 5) is 13.7. The Morgan fingerprint density at radius 2 is 1.82 bits per heavy atom. The normalized spacial score (nSPS) is 16.3. The van der Waals surface area contributed by atoms with Crippen LogP contribution in [0.2, 0.25) is 0 Å². The van der Waals surface area contributed by atoms with Gasteiger partial charge in [-0.2, -0.15) is 14.6 Å². The number of methoxy groups -OCH3 is 2. The van der Waals surface area contributed by atoms with Gasteiger partial charge in [0.05, 0.1) is 14.2 Å². The Balaban J connectivity index is 1.54. The number of fused-ring (bicyclic) bond motifs is 1. The zero-order chi connectivity index (χ0) is 22.9. The predicted molar refractivity (Wildman–Crippen MR) is 130 cm³/mol. The molecule has 170 valence electrons. The van der Waals surface area contributed by atoms with Gasteiger partial charge in [-0.1, -0.05) is 18.2 Å². The molecule has 0 unspecified atom stereocenters. The summed E-state index contributed by atoms with van der Waals surface area (Å²) in [5.41, 5.74) is 4.51. The van der Waals surface area contributed by atoms with Gasteiger partial charge in [0.15, 0.2) is 11.5 Å². The van der Waals surface area contributed by atoms with E-state index < -0.39 is 0 Å². The predicted octanol–water partition coefficient (Wildman–Crippen LogP) is 3.83. The molecule has 0 radical (unpaired) electrons. The Labute approximate surface area is 193 Å². The van der Waals surface area contributed by atoms with Crippen LogP contribution in [0.15, 0.2) is 55.0 Å². The molecule has 5 rings (SSSR count). The van der Waals surface area contributed by atoms with Crippen molar-refractivity contribution in [3.8, 4) is 22.6 Å². The van der Waals surface area contributed by atoms with Crippen molar-refractivity contribution < 1.29 is 9.47 Å². The number of hydrogen-bond acceptors (Lipinski definition) is 7. The van der Waals surface area contributed by atoms with E-state index in [1.54, 1.807) is 20.5 Å². The summed E-state index contributed by atoms with van der Waals surface area (Å²) in [5.74, 6) is 2.94. The topological polar surface area (TPSA) is 68.0 Å². The maximum Gasteiger partial charge on any atom is 0.254 e. The summed E-state index contributed by atoms with van der Waals surface area (Å²) >= 11 is 0. The molecule has 1 saturated heterocycles. The Morgan fingerprint density at radius 1 is 0.970 bits per heavy atom. The first-order chi connectivity index (χ1) is 16.1. The molecule has 4 aromatic rings. The number of ether oxygens (including phenoxy) is 2. The van der Waals surface area contributed by atoms with E-state index in [1.165, 1.54) is 11.3 Å². The SMILES string of the molecule is COc1ccc(-c2cnc3ncnn3c2N2CCN(c3cccc(C)c3)[C@@H](C)C2)cc1OC. The molecule has 0 saturated carbocycles. The Hall–Kier alpha value is -3.81. The molecule has 8 heteroatoms. The number of aromatic nitrogens is 4. The van der Waals surface area contributed by atoms with E-state index in [9.17, 15) is 0 Å². The molecule has 0 aliphatic carbocycles. The van der Waals surface area contributed by atoms with E-state index in [4.69, 9.17) is 9.47 Å². The van der Waals surface area contributed by atoms with Gasteiger partial charge in [-0.25, -0.2) is 4.98 Å². The lowest BCUT2D eigenvalue weighted by Crippen LogP contribution is -2.52. The lowest BCUT2D eigenvalue weighted by Gasteiger charge is -2.42. The van der Waals surface area contributed by atoms with Gasteiger partial charge in [0, 0.05) is 43.1 Å². The number of hydrogen-bond donors (Lipinski definition) is 0. The van der Waals surface area contributed by atoms with Gasteiger partial charge < -0.3 is 19.3 Å². The fourth-order valence-electron chi connectivity index (χ4n) is 4.62. The third-order valence-electron chi connectivity index (χ3n) is 6.24. The minimum atomic E-state index is 0.325. The maximum absolute atomic E-state index is 5.55. The third kappa shape index (κ3) is 3.82. The summed E-state index contributed by atoms with van der Waals surface area (Å²) in [6, 6.07) is 15.0. The van der Waals surface area contributed by atoms with E-state index >= 15 is 0 Å². The second-order valence-electron chi connectivity index (χ2n) is 8.36. The Kier molecular flexibility index (Phi) is 5.50. The van der Waals surface area contributed by atoms with Crippen LogP contribution in [0.4, 0.5) is 11.5 Å². The molecular formula is C25H28N6O2. The average Bonchev–Trinajstić information content (AvgIpc) is 3.32. The molecule has 0 amide bonds. The number of rotatable bonds is 5. The van der Waals surface area contributed by atoms with Gasteiger partial charge in [0.2, 0.25) is 0 Å². The molecular weight excluding hydrogens is 416 g/mol. The highest BCUT2D eigenvalue weighted by molar-refractivity contribution is 5.78. The van der Waals surface area contributed by atoms with Gasteiger partial charge in [-0.15, -0.1) is 0 Å². The van der Waals surface area contributed by atoms with E-state index in [0.717, 1.165) is 36.6 Å². The van der Waals surface area contributed by atoms with Crippen LogP contribution in [0.1, 0.15) is 12.5 Å². The van der Waals surface area contributed by atoms with Gasteiger partial charge in [-0.05, 0) is 49.2 Å². The van der Waals surface area contributed by atoms with Crippen LogP contribution in [0.5, 0.6) is 11.5 Å². The molecule has 2 aromatic heterocycles. The highest BCUT2D eigenvalue weighted by Crippen LogP contribution is 2.37. The summed E-state index contributed by atoms with van der Waals surface area (Å²) < 4.78 is 12.8. The van der Waals surface area contributed by atoms with Crippen LogP contribution in [-0.2, 0) is 0 Å². The molecule has 1 fully saturated rings. The van der Waals surface area contributed by atoms with Crippen molar-refractivity contribution in [2.75, 3.05) is 43.7 Å². The monoisotopic (exact) mass is 444 g/mol. The van der Waals surface area contributed by atoms with E-state index in [2.05, 4.69) is 63.0 Å². The van der Waals surface area contributed by atoms with Crippen LogP contribution in [0.3, 0.4) is 0 Å². The highest BCUT2D eigenvalue weighted by Gasteiger charge is 2.28. The Morgan fingerprint density at radius 3 is 2.58 bits per heavy atom. The molecule has 0 N–H and O–H groups in total. The molecule has 8 nitrogen and oxygen atoms in total. The van der Waals surface area contributed by atoms with Crippen LogP contribution < -0.4 is 19.3 Å². The van der Waals surface area contributed by atoms with Gasteiger partial charge in [-0.3, -0.25) is 0 Å². The van der Waals surface area contributed by atoms with Gasteiger partial charge in [0.1, 0.15) is 12.1 Å². The first kappa shape index (κ1) is 21.1. The molecule has 33 heavy (non-hydrogen) atoms. The first-order valence-electron chi connectivity index (χ1n) is 11.1. The van der Waals surface area contributed by atoms with Crippen molar-refractivity contribution in [3.63, 3.8) is 0 Å². The number of anilines is 2. The summed E-state index contributed by atoms with van der Waals surface area (Å²) in [6.45, 7) is 7.03. The molecule has 2 aromatic carbocycles. The minimum Gasteiger partial charge on any atom is -0.493 e. The molecule has 1 aliphatic rings. The number of piperazine rings is 1. The highest BCUT2D eigenvalue weighted by atomic mass is 16.5. The molecule has 0 bridgehead atoms. The third-order valence-corrected chi connectivity index (χ3v) is 6.24. The second kappa shape index (κ2) is 8.61. The van der Waals surface area contributed by atoms with Crippen molar-refractivity contribution in [3.05, 3.63) is 60.6 Å². The Bertz CT molecular complexity index is 1290. The summed E-state index contributed by atoms with van der Waals surface area (Å²) in [5, 5.41) is 4.50. The van der Waals surface area contributed by atoms with Gasteiger partial charge >= 0.3 is 0 Å². The number of benzene rings is 2. The molecule has 3 heterocycles. The fraction of sp³-hybridized carbons (Fsp3) is 0.320. The fourth-order valence-corrected chi connectivity index (χ4v) is 4.62.